The van der Waals surface area contributed by atoms with Crippen molar-refractivity contribution < 1.29 is 14.1 Å². The maximum Gasteiger partial charge on any atom is 0.231 e. The van der Waals surface area contributed by atoms with Gasteiger partial charge in [-0.1, -0.05) is 11.2 Å². The molecular weight excluding hydrogens is 308 g/mol. The summed E-state index contributed by atoms with van der Waals surface area (Å²) in [6.07, 6.45) is 2.39. The Bertz CT molecular complexity index is 879. The molecule has 2 heterocycles. The number of rotatable bonds is 5. The first-order valence-electron chi connectivity index (χ1n) is 7.65. The molecule has 0 unspecified atom stereocenters. The van der Waals surface area contributed by atoms with Crippen LogP contribution in [0.2, 0.25) is 0 Å². The van der Waals surface area contributed by atoms with E-state index < -0.39 is 5.54 Å². The van der Waals surface area contributed by atoms with Gasteiger partial charge >= 0.3 is 0 Å². The number of amides is 1. The van der Waals surface area contributed by atoms with E-state index in [-0.39, 0.29) is 5.91 Å². The predicted octanol–water partition coefficient (Wildman–Crippen LogP) is 2.52. The number of carbonyl (C=O) groups excluding carboxylic acids is 1. The molecule has 126 valence electrons. The normalized spacial score (nSPS) is 11.7. The quantitative estimate of drug-likeness (QED) is 0.750. The molecule has 24 heavy (non-hydrogen) atoms. The van der Waals surface area contributed by atoms with Crippen LogP contribution in [0.4, 0.5) is 0 Å². The molecule has 0 aliphatic rings. The molecule has 0 aliphatic carbocycles. The second-order valence-corrected chi connectivity index (χ2v) is 6.19. The zero-order chi connectivity index (χ0) is 17.3. The summed E-state index contributed by atoms with van der Waals surface area (Å²) < 4.78 is 10.8. The van der Waals surface area contributed by atoms with E-state index in [2.05, 4.69) is 20.4 Å². The number of hydrogen-bond donors (Lipinski definition) is 2. The van der Waals surface area contributed by atoms with Gasteiger partial charge in [0.25, 0.3) is 0 Å². The summed E-state index contributed by atoms with van der Waals surface area (Å²) in [6, 6.07) is 5.83. The zero-order valence-electron chi connectivity index (χ0n) is 14.1. The summed E-state index contributed by atoms with van der Waals surface area (Å²) in [6.45, 7) is 5.12. The minimum absolute atomic E-state index is 0.146. The third-order valence-corrected chi connectivity index (χ3v) is 3.83. The number of benzene rings is 1. The summed E-state index contributed by atoms with van der Waals surface area (Å²) >= 11 is 0. The van der Waals surface area contributed by atoms with Gasteiger partial charge in [-0.3, -0.25) is 4.79 Å². The molecule has 7 nitrogen and oxygen atoms in total. The minimum Gasteiger partial charge on any atom is -0.496 e. The number of ether oxygens (including phenoxy) is 1. The van der Waals surface area contributed by atoms with Crippen molar-refractivity contribution in [2.24, 2.45) is 0 Å². The number of nitrogens with one attached hydrogen (secondary N) is 2. The van der Waals surface area contributed by atoms with Crippen LogP contribution in [0.5, 0.6) is 5.75 Å². The van der Waals surface area contributed by atoms with Crippen LogP contribution in [-0.2, 0) is 16.8 Å². The van der Waals surface area contributed by atoms with Gasteiger partial charge in [-0.15, -0.1) is 0 Å². The second kappa shape index (κ2) is 5.99. The number of nitrogens with zero attached hydrogens (tertiary/aromatic N) is 2. The molecule has 0 bridgehead atoms. The van der Waals surface area contributed by atoms with E-state index in [9.17, 15) is 4.79 Å². The molecule has 1 aromatic carbocycles. The maximum absolute atomic E-state index is 11.3. The first kappa shape index (κ1) is 16.0. The minimum atomic E-state index is -0.689. The molecule has 0 radical (unpaired) electrons. The third kappa shape index (κ3) is 2.97. The summed E-state index contributed by atoms with van der Waals surface area (Å²) in [4.78, 5) is 18.9. The molecular formula is C17H20N4O3. The Labute approximate surface area is 139 Å². The predicted molar refractivity (Wildman–Crippen MR) is 88.8 cm³/mol. The highest BCUT2D eigenvalue weighted by Crippen LogP contribution is 2.30. The fourth-order valence-corrected chi connectivity index (χ4v) is 2.77. The van der Waals surface area contributed by atoms with Gasteiger partial charge < -0.3 is 19.6 Å². The largest absolute Gasteiger partial charge is 0.496 e. The molecule has 3 aromatic rings. The van der Waals surface area contributed by atoms with Crippen LogP contribution in [0.3, 0.4) is 0 Å². The SMILES string of the molecule is COc1cccc2[nH]cc(Cc3nc(C(C)(C)NC(C)=O)no3)c12. The molecule has 0 saturated carbocycles. The van der Waals surface area contributed by atoms with Gasteiger partial charge in [0.1, 0.15) is 5.75 Å². The van der Waals surface area contributed by atoms with Gasteiger partial charge in [0, 0.05) is 24.0 Å². The Morgan fingerprint density at radius 3 is 2.92 bits per heavy atom. The van der Waals surface area contributed by atoms with Gasteiger partial charge in [0.15, 0.2) is 5.82 Å². The number of aromatic amines is 1. The number of aromatic nitrogens is 3. The van der Waals surface area contributed by atoms with Crippen molar-refractivity contribution in [3.05, 3.63) is 41.7 Å². The van der Waals surface area contributed by atoms with Crippen LogP contribution in [0.15, 0.2) is 28.9 Å². The van der Waals surface area contributed by atoms with E-state index in [0.717, 1.165) is 22.2 Å². The van der Waals surface area contributed by atoms with Crippen molar-refractivity contribution in [2.45, 2.75) is 32.7 Å². The van der Waals surface area contributed by atoms with E-state index in [0.29, 0.717) is 18.1 Å². The van der Waals surface area contributed by atoms with E-state index in [1.54, 1.807) is 7.11 Å². The number of fused-ring (bicyclic) bond motifs is 1. The molecule has 2 aromatic heterocycles. The number of methoxy groups -OCH3 is 1. The van der Waals surface area contributed by atoms with Gasteiger partial charge in [0.2, 0.25) is 11.8 Å². The van der Waals surface area contributed by atoms with Crippen molar-refractivity contribution in [1.82, 2.24) is 20.4 Å². The summed E-state index contributed by atoms with van der Waals surface area (Å²) in [5.41, 5.74) is 1.31. The lowest BCUT2D eigenvalue weighted by Gasteiger charge is -2.20. The lowest BCUT2D eigenvalue weighted by atomic mass is 10.1. The molecule has 0 fully saturated rings. The summed E-state index contributed by atoms with van der Waals surface area (Å²) in [5.74, 6) is 1.57. The Hall–Kier alpha value is -2.83. The molecule has 7 heteroatoms. The highest BCUT2D eigenvalue weighted by Gasteiger charge is 2.27. The van der Waals surface area contributed by atoms with Crippen LogP contribution >= 0.6 is 0 Å². The molecule has 0 spiro atoms. The molecule has 0 aliphatic heterocycles. The summed E-state index contributed by atoms with van der Waals surface area (Å²) in [7, 11) is 1.65. The Morgan fingerprint density at radius 1 is 1.42 bits per heavy atom. The summed E-state index contributed by atoms with van der Waals surface area (Å²) in [5, 5.41) is 7.81. The lowest BCUT2D eigenvalue weighted by Crippen LogP contribution is -2.40. The Balaban J connectivity index is 1.89. The van der Waals surface area contributed by atoms with Crippen LogP contribution in [-0.4, -0.2) is 28.1 Å². The van der Waals surface area contributed by atoms with Crippen LogP contribution in [0.1, 0.15) is 38.0 Å². The molecule has 0 atom stereocenters. The average Bonchev–Trinajstić information content (AvgIpc) is 3.14. The topological polar surface area (TPSA) is 93.0 Å². The van der Waals surface area contributed by atoms with E-state index in [4.69, 9.17) is 9.26 Å². The van der Waals surface area contributed by atoms with E-state index in [1.807, 2.05) is 38.2 Å². The van der Waals surface area contributed by atoms with Gasteiger partial charge in [-0.2, -0.15) is 4.98 Å². The van der Waals surface area contributed by atoms with Gasteiger partial charge in [-0.25, -0.2) is 0 Å². The maximum atomic E-state index is 11.3. The average molecular weight is 328 g/mol. The van der Waals surface area contributed by atoms with Gasteiger partial charge in [-0.05, 0) is 31.5 Å². The van der Waals surface area contributed by atoms with Crippen molar-refractivity contribution in [3.8, 4) is 5.75 Å². The highest BCUT2D eigenvalue weighted by molar-refractivity contribution is 5.89. The van der Waals surface area contributed by atoms with Crippen molar-refractivity contribution in [1.29, 1.82) is 0 Å². The van der Waals surface area contributed by atoms with Crippen LogP contribution in [0, 0.1) is 0 Å². The highest BCUT2D eigenvalue weighted by atomic mass is 16.5. The second-order valence-electron chi connectivity index (χ2n) is 6.19. The molecule has 0 saturated heterocycles. The number of carbonyl (C=O) groups is 1. The first-order valence-corrected chi connectivity index (χ1v) is 7.65. The van der Waals surface area contributed by atoms with E-state index in [1.165, 1.54) is 6.92 Å². The lowest BCUT2D eigenvalue weighted by molar-refractivity contribution is -0.120. The molecule has 2 N–H and O–H groups in total. The van der Waals surface area contributed by atoms with Crippen molar-refractivity contribution in [3.63, 3.8) is 0 Å². The van der Waals surface area contributed by atoms with Gasteiger partial charge in [0.05, 0.1) is 19.1 Å². The fraction of sp³-hybridized carbons (Fsp3) is 0.353. The first-order chi connectivity index (χ1) is 11.4. The van der Waals surface area contributed by atoms with Crippen molar-refractivity contribution in [2.75, 3.05) is 7.11 Å². The van der Waals surface area contributed by atoms with Crippen molar-refractivity contribution >= 4 is 16.8 Å². The van der Waals surface area contributed by atoms with Crippen LogP contribution < -0.4 is 10.1 Å². The Kier molecular flexibility index (Phi) is 4.01. The molecule has 1 amide bonds. The number of hydrogen-bond acceptors (Lipinski definition) is 5. The number of H-pyrrole nitrogens is 1. The fourth-order valence-electron chi connectivity index (χ4n) is 2.77. The molecule has 3 rings (SSSR count). The van der Waals surface area contributed by atoms with E-state index >= 15 is 0 Å². The smallest absolute Gasteiger partial charge is 0.231 e. The zero-order valence-corrected chi connectivity index (χ0v) is 14.1. The Morgan fingerprint density at radius 2 is 2.21 bits per heavy atom. The van der Waals surface area contributed by atoms with Crippen LogP contribution in [0.25, 0.3) is 10.9 Å². The monoisotopic (exact) mass is 328 g/mol. The third-order valence-electron chi connectivity index (χ3n) is 3.83. The standard InChI is InChI=1S/C17H20N4O3/c1-10(22)20-17(2,3)16-19-14(24-21-16)8-11-9-18-12-6-5-7-13(23-4)15(11)12/h5-7,9,18H,8H2,1-4H3,(H,20,22).